The van der Waals surface area contributed by atoms with E-state index in [9.17, 15) is 0 Å². The number of benzene rings is 1. The average molecular weight is 406 g/mol. The van der Waals surface area contributed by atoms with Crippen molar-refractivity contribution in [3.05, 3.63) is 35.4 Å². The molecular weight excluding hydrogens is 366 g/mol. The van der Waals surface area contributed by atoms with Gasteiger partial charge in [0.05, 0.1) is 19.3 Å². The zero-order valence-corrected chi connectivity index (χ0v) is 18.4. The minimum Gasteiger partial charge on any atom is -0.381 e. The third-order valence-electron chi connectivity index (χ3n) is 4.79. The molecule has 1 aliphatic rings. The van der Waals surface area contributed by atoms with Crippen LogP contribution in [0.2, 0.25) is 0 Å². The zero-order chi connectivity index (χ0) is 20.7. The quantitative estimate of drug-likeness (QED) is 0.317. The maximum atomic E-state index is 5.83. The van der Waals surface area contributed by atoms with E-state index in [1.54, 1.807) is 0 Å². The van der Waals surface area contributed by atoms with E-state index in [4.69, 9.17) is 19.2 Å². The molecule has 164 valence electrons. The van der Waals surface area contributed by atoms with Crippen LogP contribution in [0.1, 0.15) is 51.2 Å². The summed E-state index contributed by atoms with van der Waals surface area (Å²) in [6, 6.07) is 8.44. The standard InChI is InChI=1S/C23H39N3O3/c1-4-24-23(25-11-6-12-28-17-20-9-13-27-14-10-20)26-16-21-7-5-8-22(15-21)18-29-19(2)3/h5,7-8,15,19-20H,4,6,9-14,16-18H2,1-3H3,(H2,24,25,26). The largest absolute Gasteiger partial charge is 0.381 e. The van der Waals surface area contributed by atoms with Crippen LogP contribution in [0.4, 0.5) is 0 Å². The Morgan fingerprint density at radius 3 is 2.76 bits per heavy atom. The summed E-state index contributed by atoms with van der Waals surface area (Å²) >= 11 is 0. The second-order valence-corrected chi connectivity index (χ2v) is 7.79. The molecule has 0 bridgehead atoms. The molecule has 1 saturated heterocycles. The number of ether oxygens (including phenoxy) is 3. The molecule has 6 nitrogen and oxygen atoms in total. The molecule has 2 N–H and O–H groups in total. The third kappa shape index (κ3) is 10.6. The van der Waals surface area contributed by atoms with Crippen LogP contribution in [0.15, 0.2) is 29.3 Å². The smallest absolute Gasteiger partial charge is 0.191 e. The molecule has 1 aromatic carbocycles. The van der Waals surface area contributed by atoms with E-state index in [2.05, 4.69) is 55.7 Å². The molecule has 1 heterocycles. The third-order valence-corrected chi connectivity index (χ3v) is 4.79. The highest BCUT2D eigenvalue weighted by Gasteiger charge is 2.13. The molecule has 6 heteroatoms. The van der Waals surface area contributed by atoms with E-state index in [0.717, 1.165) is 64.7 Å². The lowest BCUT2D eigenvalue weighted by atomic mass is 10.0. The van der Waals surface area contributed by atoms with Gasteiger partial charge in [0.15, 0.2) is 5.96 Å². The predicted octanol–water partition coefficient (Wildman–Crippen LogP) is 3.50. The SMILES string of the molecule is CCNC(=NCc1cccc(COC(C)C)c1)NCCCOCC1CCOCC1. The Labute approximate surface area is 176 Å². The van der Waals surface area contributed by atoms with Gasteiger partial charge in [-0.1, -0.05) is 24.3 Å². The lowest BCUT2D eigenvalue weighted by Gasteiger charge is -2.21. The minimum atomic E-state index is 0.238. The van der Waals surface area contributed by atoms with E-state index < -0.39 is 0 Å². The van der Waals surface area contributed by atoms with Gasteiger partial charge in [-0.15, -0.1) is 0 Å². The van der Waals surface area contributed by atoms with Crippen molar-refractivity contribution >= 4 is 5.96 Å². The van der Waals surface area contributed by atoms with Crippen LogP contribution >= 0.6 is 0 Å². The second-order valence-electron chi connectivity index (χ2n) is 7.79. The van der Waals surface area contributed by atoms with Crippen molar-refractivity contribution < 1.29 is 14.2 Å². The molecule has 1 aromatic rings. The number of nitrogens with one attached hydrogen (secondary N) is 2. The fourth-order valence-corrected chi connectivity index (χ4v) is 3.14. The van der Waals surface area contributed by atoms with Crippen LogP contribution in [-0.4, -0.2) is 51.6 Å². The first-order chi connectivity index (χ1) is 14.2. The Morgan fingerprint density at radius 2 is 2.00 bits per heavy atom. The van der Waals surface area contributed by atoms with Gasteiger partial charge in [0.2, 0.25) is 0 Å². The molecule has 1 aliphatic heterocycles. The van der Waals surface area contributed by atoms with Crippen LogP contribution in [0.5, 0.6) is 0 Å². The van der Waals surface area contributed by atoms with Gasteiger partial charge in [-0.25, -0.2) is 4.99 Å². The lowest BCUT2D eigenvalue weighted by Crippen LogP contribution is -2.38. The van der Waals surface area contributed by atoms with E-state index in [-0.39, 0.29) is 6.10 Å². The van der Waals surface area contributed by atoms with Gasteiger partial charge in [-0.3, -0.25) is 0 Å². The Kier molecular flexibility index (Phi) is 11.7. The fraction of sp³-hybridized carbons (Fsp3) is 0.696. The van der Waals surface area contributed by atoms with Crippen molar-refractivity contribution in [2.45, 2.75) is 59.3 Å². The second kappa shape index (κ2) is 14.4. The first kappa shape index (κ1) is 23.6. The molecule has 0 atom stereocenters. The highest BCUT2D eigenvalue weighted by Crippen LogP contribution is 2.14. The molecule has 0 amide bonds. The van der Waals surface area contributed by atoms with Gasteiger partial charge in [0, 0.05) is 39.5 Å². The molecular formula is C23H39N3O3. The maximum absolute atomic E-state index is 5.83. The van der Waals surface area contributed by atoms with E-state index in [1.165, 1.54) is 11.1 Å². The Bertz CT molecular complexity index is 586. The van der Waals surface area contributed by atoms with Crippen LogP contribution in [0.25, 0.3) is 0 Å². The summed E-state index contributed by atoms with van der Waals surface area (Å²) in [6.45, 7) is 12.6. The summed E-state index contributed by atoms with van der Waals surface area (Å²) in [6.07, 6.45) is 3.46. The summed E-state index contributed by atoms with van der Waals surface area (Å²) in [4.78, 5) is 4.71. The average Bonchev–Trinajstić information content (AvgIpc) is 2.74. The summed E-state index contributed by atoms with van der Waals surface area (Å²) < 4.78 is 16.9. The maximum Gasteiger partial charge on any atom is 0.191 e. The molecule has 0 aromatic heterocycles. The highest BCUT2D eigenvalue weighted by molar-refractivity contribution is 5.79. The first-order valence-corrected chi connectivity index (χ1v) is 11.0. The van der Waals surface area contributed by atoms with Crippen molar-refractivity contribution in [2.75, 3.05) is 39.5 Å². The van der Waals surface area contributed by atoms with Crippen molar-refractivity contribution in [1.82, 2.24) is 10.6 Å². The summed E-state index contributed by atoms with van der Waals surface area (Å²) in [5.74, 6) is 1.51. The monoisotopic (exact) mass is 405 g/mol. The number of guanidine groups is 1. The molecule has 2 rings (SSSR count). The van der Waals surface area contributed by atoms with Gasteiger partial charge >= 0.3 is 0 Å². The van der Waals surface area contributed by atoms with E-state index in [0.29, 0.717) is 19.1 Å². The van der Waals surface area contributed by atoms with Gasteiger partial charge in [-0.2, -0.15) is 0 Å². The van der Waals surface area contributed by atoms with Crippen LogP contribution in [0, 0.1) is 5.92 Å². The van der Waals surface area contributed by atoms with Crippen molar-refractivity contribution in [3.8, 4) is 0 Å². The lowest BCUT2D eigenvalue weighted by molar-refractivity contribution is 0.0203. The summed E-state index contributed by atoms with van der Waals surface area (Å²) in [5.41, 5.74) is 2.37. The molecule has 0 unspecified atom stereocenters. The zero-order valence-electron chi connectivity index (χ0n) is 18.4. The number of rotatable bonds is 12. The van der Waals surface area contributed by atoms with Crippen molar-refractivity contribution in [2.24, 2.45) is 10.9 Å². The molecule has 0 spiro atoms. The number of aliphatic imine (C=N–C) groups is 1. The van der Waals surface area contributed by atoms with Crippen molar-refractivity contribution in [1.29, 1.82) is 0 Å². The fourth-order valence-electron chi connectivity index (χ4n) is 3.14. The van der Waals surface area contributed by atoms with Crippen LogP contribution in [-0.2, 0) is 27.4 Å². The predicted molar refractivity (Wildman–Crippen MR) is 118 cm³/mol. The number of hydrogen-bond donors (Lipinski definition) is 2. The van der Waals surface area contributed by atoms with Gasteiger partial charge in [-0.05, 0) is 57.1 Å². The normalized spacial score (nSPS) is 15.7. The van der Waals surface area contributed by atoms with E-state index in [1.807, 2.05) is 0 Å². The van der Waals surface area contributed by atoms with Crippen LogP contribution < -0.4 is 10.6 Å². The topological polar surface area (TPSA) is 64.1 Å². The van der Waals surface area contributed by atoms with Gasteiger partial charge < -0.3 is 24.8 Å². The molecule has 1 fully saturated rings. The molecule has 0 radical (unpaired) electrons. The van der Waals surface area contributed by atoms with Crippen LogP contribution in [0.3, 0.4) is 0 Å². The minimum absolute atomic E-state index is 0.238. The number of hydrogen-bond acceptors (Lipinski definition) is 4. The summed E-state index contributed by atoms with van der Waals surface area (Å²) in [5, 5.41) is 6.71. The molecule has 29 heavy (non-hydrogen) atoms. The molecule has 0 aliphatic carbocycles. The van der Waals surface area contributed by atoms with Gasteiger partial charge in [0.1, 0.15) is 0 Å². The first-order valence-electron chi connectivity index (χ1n) is 11.0. The highest BCUT2D eigenvalue weighted by atomic mass is 16.5. The Hall–Kier alpha value is -1.63. The Morgan fingerprint density at radius 1 is 1.21 bits per heavy atom. The summed E-state index contributed by atoms with van der Waals surface area (Å²) in [7, 11) is 0. The Balaban J connectivity index is 1.68. The van der Waals surface area contributed by atoms with E-state index >= 15 is 0 Å². The van der Waals surface area contributed by atoms with Gasteiger partial charge in [0.25, 0.3) is 0 Å². The number of nitrogens with zero attached hydrogens (tertiary/aromatic N) is 1. The molecule has 0 saturated carbocycles. The van der Waals surface area contributed by atoms with Crippen molar-refractivity contribution in [3.63, 3.8) is 0 Å².